The number of anilines is 1. The third-order valence-electron chi connectivity index (χ3n) is 2.98. The molecule has 0 saturated heterocycles. The quantitative estimate of drug-likeness (QED) is 0.571. The molecule has 1 aromatic carbocycles. The van der Waals surface area contributed by atoms with Crippen LogP contribution in [0.3, 0.4) is 0 Å². The highest BCUT2D eigenvalue weighted by Gasteiger charge is 2.15. The number of aryl methyl sites for hydroxylation is 1. The number of rotatable bonds is 7. The van der Waals surface area contributed by atoms with Crippen molar-refractivity contribution in [1.82, 2.24) is 15.5 Å². The molecule has 1 aromatic heterocycles. The van der Waals surface area contributed by atoms with Crippen LogP contribution in [0.25, 0.3) is 0 Å². The molecule has 0 radical (unpaired) electrons. The van der Waals surface area contributed by atoms with Gasteiger partial charge in [-0.3, -0.25) is 9.59 Å². The van der Waals surface area contributed by atoms with Crippen LogP contribution in [0.2, 0.25) is 0 Å². The first-order chi connectivity index (χ1) is 11.8. The maximum Gasteiger partial charge on any atom is 0.230 e. The second-order valence-corrected chi connectivity index (χ2v) is 8.69. The Hall–Kier alpha value is -1.93. The smallest absolute Gasteiger partial charge is 0.230 e. The van der Waals surface area contributed by atoms with Crippen molar-refractivity contribution in [3.63, 3.8) is 0 Å². The second kappa shape index (κ2) is 8.96. The lowest BCUT2D eigenvalue weighted by atomic mass is 10.1. The van der Waals surface area contributed by atoms with E-state index in [4.69, 9.17) is 0 Å². The average Bonchev–Trinajstić information content (AvgIpc) is 2.98. The van der Waals surface area contributed by atoms with Crippen LogP contribution in [0.5, 0.6) is 0 Å². The number of aromatic nitrogens is 2. The molecule has 0 atom stereocenters. The highest BCUT2D eigenvalue weighted by molar-refractivity contribution is 8.01. The van der Waals surface area contributed by atoms with Crippen molar-refractivity contribution in [3.05, 3.63) is 35.9 Å². The summed E-state index contributed by atoms with van der Waals surface area (Å²) in [7, 11) is 0. The van der Waals surface area contributed by atoms with Crippen molar-refractivity contribution < 1.29 is 9.59 Å². The molecule has 25 heavy (non-hydrogen) atoms. The first-order valence-electron chi connectivity index (χ1n) is 7.93. The Bertz CT molecular complexity index is 711. The fourth-order valence-electron chi connectivity index (χ4n) is 1.98. The fourth-order valence-corrected chi connectivity index (χ4v) is 3.55. The Morgan fingerprint density at radius 3 is 2.52 bits per heavy atom. The summed E-state index contributed by atoms with van der Waals surface area (Å²) in [5.74, 6) is 0.122. The van der Waals surface area contributed by atoms with Gasteiger partial charge in [0, 0.05) is 12.0 Å². The minimum absolute atomic E-state index is 0.0545. The summed E-state index contributed by atoms with van der Waals surface area (Å²) in [4.78, 5) is 23.8. The molecule has 0 fully saturated rings. The van der Waals surface area contributed by atoms with E-state index in [0.29, 0.717) is 22.3 Å². The van der Waals surface area contributed by atoms with Gasteiger partial charge in [0.05, 0.1) is 5.75 Å². The van der Waals surface area contributed by atoms with Crippen LogP contribution in [0, 0.1) is 0 Å². The predicted molar refractivity (Wildman–Crippen MR) is 102 cm³/mol. The molecule has 6 nitrogen and oxygen atoms in total. The molecule has 2 aromatic rings. The summed E-state index contributed by atoms with van der Waals surface area (Å²) in [6.45, 7) is 5.80. The van der Waals surface area contributed by atoms with Gasteiger partial charge in [-0.1, -0.05) is 53.4 Å². The molecule has 2 N–H and O–H groups in total. The number of carbonyl (C=O) groups excluding carboxylic acids is 2. The van der Waals surface area contributed by atoms with Crippen LogP contribution in [-0.4, -0.2) is 33.3 Å². The Kier molecular flexibility index (Phi) is 6.95. The minimum Gasteiger partial charge on any atom is -0.351 e. The Morgan fingerprint density at radius 1 is 1.12 bits per heavy atom. The zero-order chi connectivity index (χ0) is 18.3. The summed E-state index contributed by atoms with van der Waals surface area (Å²) in [6, 6.07) is 9.85. The number of nitrogens with one attached hydrogen (secondary N) is 2. The number of hydrogen-bond donors (Lipinski definition) is 2. The SMILES string of the molecule is CC(C)(C)NC(=O)CSc1nnc(NC(=O)CCc2ccccc2)s1. The lowest BCUT2D eigenvalue weighted by Crippen LogP contribution is -2.41. The van der Waals surface area contributed by atoms with Crippen molar-refractivity contribution in [1.29, 1.82) is 0 Å². The van der Waals surface area contributed by atoms with Gasteiger partial charge in [-0.25, -0.2) is 0 Å². The van der Waals surface area contributed by atoms with E-state index in [0.717, 1.165) is 5.56 Å². The van der Waals surface area contributed by atoms with Gasteiger partial charge in [-0.2, -0.15) is 0 Å². The summed E-state index contributed by atoms with van der Waals surface area (Å²) in [5.41, 5.74) is 0.868. The zero-order valence-corrected chi connectivity index (χ0v) is 16.2. The van der Waals surface area contributed by atoms with Crippen molar-refractivity contribution in [3.8, 4) is 0 Å². The molecule has 8 heteroatoms. The largest absolute Gasteiger partial charge is 0.351 e. The minimum atomic E-state index is -0.253. The van der Waals surface area contributed by atoms with Crippen LogP contribution in [0.15, 0.2) is 34.7 Å². The van der Waals surface area contributed by atoms with Crippen molar-refractivity contribution in [2.75, 3.05) is 11.1 Å². The van der Waals surface area contributed by atoms with E-state index in [-0.39, 0.29) is 23.1 Å². The van der Waals surface area contributed by atoms with Crippen LogP contribution in [0.1, 0.15) is 32.8 Å². The maximum atomic E-state index is 12.0. The number of carbonyl (C=O) groups is 2. The maximum absolute atomic E-state index is 12.0. The molecule has 1 heterocycles. The molecule has 0 unspecified atom stereocenters. The molecule has 0 bridgehead atoms. The third-order valence-corrected chi connectivity index (χ3v) is 4.95. The van der Waals surface area contributed by atoms with E-state index >= 15 is 0 Å². The molecule has 0 aliphatic carbocycles. The van der Waals surface area contributed by atoms with Gasteiger partial charge in [0.1, 0.15) is 0 Å². The molecule has 0 spiro atoms. The average molecular weight is 379 g/mol. The van der Waals surface area contributed by atoms with E-state index in [9.17, 15) is 9.59 Å². The molecular weight excluding hydrogens is 356 g/mol. The van der Waals surface area contributed by atoms with Crippen LogP contribution >= 0.6 is 23.1 Å². The summed E-state index contributed by atoms with van der Waals surface area (Å²) in [5, 5.41) is 14.0. The number of thioether (sulfide) groups is 1. The number of benzene rings is 1. The summed E-state index contributed by atoms with van der Waals surface area (Å²) in [6.07, 6.45) is 1.07. The Labute approximate surface area is 155 Å². The molecule has 0 aliphatic rings. The summed E-state index contributed by atoms with van der Waals surface area (Å²) < 4.78 is 0.655. The topological polar surface area (TPSA) is 84.0 Å². The monoisotopic (exact) mass is 378 g/mol. The van der Waals surface area contributed by atoms with Gasteiger partial charge >= 0.3 is 0 Å². The van der Waals surface area contributed by atoms with E-state index in [2.05, 4.69) is 20.8 Å². The zero-order valence-electron chi connectivity index (χ0n) is 14.5. The first-order valence-corrected chi connectivity index (χ1v) is 9.73. The molecule has 2 amide bonds. The van der Waals surface area contributed by atoms with Gasteiger partial charge < -0.3 is 10.6 Å². The van der Waals surface area contributed by atoms with Gasteiger partial charge in [-0.05, 0) is 32.8 Å². The van der Waals surface area contributed by atoms with Crippen molar-refractivity contribution in [2.24, 2.45) is 0 Å². The van der Waals surface area contributed by atoms with E-state index in [1.807, 2.05) is 51.1 Å². The van der Waals surface area contributed by atoms with Gasteiger partial charge in [0.15, 0.2) is 4.34 Å². The number of hydrogen-bond acceptors (Lipinski definition) is 6. The number of nitrogens with zero attached hydrogens (tertiary/aromatic N) is 2. The van der Waals surface area contributed by atoms with E-state index in [1.165, 1.54) is 23.1 Å². The number of amides is 2. The van der Waals surface area contributed by atoms with Crippen molar-refractivity contribution >= 4 is 40.0 Å². The predicted octanol–water partition coefficient (Wildman–Crippen LogP) is 3.12. The Morgan fingerprint density at radius 2 is 1.84 bits per heavy atom. The molecular formula is C17H22N4O2S2. The fraction of sp³-hybridized carbons (Fsp3) is 0.412. The first kappa shape index (κ1) is 19.4. The van der Waals surface area contributed by atoms with E-state index in [1.54, 1.807) is 0 Å². The van der Waals surface area contributed by atoms with Crippen molar-refractivity contribution in [2.45, 2.75) is 43.5 Å². The van der Waals surface area contributed by atoms with Crippen LogP contribution in [-0.2, 0) is 16.0 Å². The molecule has 2 rings (SSSR count). The molecule has 0 saturated carbocycles. The molecule has 134 valence electrons. The second-order valence-electron chi connectivity index (χ2n) is 6.49. The standard InChI is InChI=1S/C17H22N4O2S2/c1-17(2,3)19-14(23)11-24-16-21-20-15(25-16)18-13(22)10-9-12-7-5-4-6-8-12/h4-8H,9-11H2,1-3H3,(H,19,23)(H,18,20,22). The third kappa shape index (κ3) is 7.66. The van der Waals surface area contributed by atoms with E-state index < -0.39 is 0 Å². The highest BCUT2D eigenvalue weighted by Crippen LogP contribution is 2.25. The van der Waals surface area contributed by atoms with Gasteiger partial charge in [0.2, 0.25) is 16.9 Å². The lowest BCUT2D eigenvalue weighted by molar-refractivity contribution is -0.120. The lowest BCUT2D eigenvalue weighted by Gasteiger charge is -2.19. The summed E-state index contributed by atoms with van der Waals surface area (Å²) >= 11 is 2.58. The van der Waals surface area contributed by atoms with Crippen LogP contribution in [0.4, 0.5) is 5.13 Å². The Balaban J connectivity index is 1.75. The molecule has 0 aliphatic heterocycles. The normalized spacial score (nSPS) is 11.2. The van der Waals surface area contributed by atoms with Crippen LogP contribution < -0.4 is 10.6 Å². The highest BCUT2D eigenvalue weighted by atomic mass is 32.2. The van der Waals surface area contributed by atoms with Gasteiger partial charge in [0.25, 0.3) is 0 Å². The van der Waals surface area contributed by atoms with Gasteiger partial charge in [-0.15, -0.1) is 10.2 Å².